The highest BCUT2D eigenvalue weighted by molar-refractivity contribution is 5.89. The molecule has 0 aliphatic heterocycles. The molecule has 1 rings (SSSR count). The van der Waals surface area contributed by atoms with Crippen LogP contribution < -0.4 is 21.1 Å². The summed E-state index contributed by atoms with van der Waals surface area (Å²) >= 11 is 0. The van der Waals surface area contributed by atoms with Crippen molar-refractivity contribution < 1.29 is 9.53 Å². The summed E-state index contributed by atoms with van der Waals surface area (Å²) in [6.45, 7) is 3.46. The zero-order chi connectivity index (χ0) is 14.8. The normalized spacial score (nSPS) is 11.8. The maximum Gasteiger partial charge on any atom is 0.319 e. The minimum absolute atomic E-state index is 0.187. The van der Waals surface area contributed by atoms with E-state index in [0.29, 0.717) is 19.0 Å². The molecule has 0 saturated carbocycles. The molecule has 0 spiro atoms. The Hall–Kier alpha value is -1.75. The van der Waals surface area contributed by atoms with Crippen LogP contribution in [0.15, 0.2) is 24.3 Å². The summed E-state index contributed by atoms with van der Waals surface area (Å²) in [5.41, 5.74) is 6.32. The van der Waals surface area contributed by atoms with Crippen LogP contribution >= 0.6 is 0 Å². The predicted octanol–water partition coefficient (Wildman–Crippen LogP) is 2.58. The van der Waals surface area contributed by atoms with Gasteiger partial charge in [-0.15, -0.1) is 0 Å². The SMILES string of the molecule is CCCC(CCN)CNC(=O)Nc1ccc(OC)cc1. The molecule has 5 heteroatoms. The highest BCUT2D eigenvalue weighted by atomic mass is 16.5. The summed E-state index contributed by atoms with van der Waals surface area (Å²) in [7, 11) is 1.61. The standard InChI is InChI=1S/C15H25N3O2/c1-3-4-12(9-10-16)11-17-15(19)18-13-5-7-14(20-2)8-6-13/h5-8,12H,3-4,9-11,16H2,1-2H3,(H2,17,18,19). The van der Waals surface area contributed by atoms with Gasteiger partial charge in [-0.05, 0) is 49.6 Å². The first-order valence-corrected chi connectivity index (χ1v) is 7.08. The lowest BCUT2D eigenvalue weighted by molar-refractivity contribution is 0.249. The molecule has 0 bridgehead atoms. The summed E-state index contributed by atoms with van der Waals surface area (Å²) in [6, 6.07) is 7.05. The molecule has 0 fully saturated rings. The molecule has 2 amide bonds. The molecule has 112 valence electrons. The van der Waals surface area contributed by atoms with Gasteiger partial charge < -0.3 is 21.1 Å². The van der Waals surface area contributed by atoms with E-state index in [2.05, 4.69) is 17.6 Å². The Morgan fingerprint density at radius 1 is 1.30 bits per heavy atom. The van der Waals surface area contributed by atoms with E-state index in [1.807, 2.05) is 24.3 Å². The quantitative estimate of drug-likeness (QED) is 0.684. The van der Waals surface area contributed by atoms with Gasteiger partial charge in [0.05, 0.1) is 7.11 Å². The van der Waals surface area contributed by atoms with Crippen LogP contribution in [-0.4, -0.2) is 26.2 Å². The van der Waals surface area contributed by atoms with Gasteiger partial charge in [0.2, 0.25) is 0 Å². The molecule has 4 N–H and O–H groups in total. The molecule has 0 radical (unpaired) electrons. The Morgan fingerprint density at radius 3 is 2.55 bits per heavy atom. The number of nitrogens with two attached hydrogens (primary N) is 1. The van der Waals surface area contributed by atoms with Gasteiger partial charge in [-0.2, -0.15) is 0 Å². The molecule has 1 atom stereocenters. The van der Waals surface area contributed by atoms with Crippen LogP contribution in [0.25, 0.3) is 0 Å². The monoisotopic (exact) mass is 279 g/mol. The molecule has 0 heterocycles. The maximum atomic E-state index is 11.8. The average Bonchev–Trinajstić information content (AvgIpc) is 2.46. The molecule has 1 aromatic rings. The van der Waals surface area contributed by atoms with Gasteiger partial charge in [-0.25, -0.2) is 4.79 Å². The summed E-state index contributed by atoms with van der Waals surface area (Å²) in [6.07, 6.45) is 3.13. The number of rotatable bonds is 8. The molecule has 0 aliphatic carbocycles. The van der Waals surface area contributed by atoms with Gasteiger partial charge >= 0.3 is 6.03 Å². The number of amides is 2. The first-order chi connectivity index (χ1) is 9.69. The number of carbonyl (C=O) groups excluding carboxylic acids is 1. The smallest absolute Gasteiger partial charge is 0.319 e. The largest absolute Gasteiger partial charge is 0.497 e. The Labute approximate surface area is 120 Å². The van der Waals surface area contributed by atoms with Crippen LogP contribution in [0.1, 0.15) is 26.2 Å². The van der Waals surface area contributed by atoms with Crippen molar-refractivity contribution in [3.63, 3.8) is 0 Å². The lowest BCUT2D eigenvalue weighted by Gasteiger charge is -2.16. The van der Waals surface area contributed by atoms with E-state index in [0.717, 1.165) is 30.7 Å². The zero-order valence-electron chi connectivity index (χ0n) is 12.3. The zero-order valence-corrected chi connectivity index (χ0v) is 12.3. The van der Waals surface area contributed by atoms with E-state index in [4.69, 9.17) is 10.5 Å². The third kappa shape index (κ3) is 5.93. The number of ether oxygens (including phenoxy) is 1. The fraction of sp³-hybridized carbons (Fsp3) is 0.533. The van der Waals surface area contributed by atoms with Gasteiger partial charge in [0.25, 0.3) is 0 Å². The van der Waals surface area contributed by atoms with E-state index in [1.165, 1.54) is 0 Å². The molecule has 1 aromatic carbocycles. The molecule has 0 aromatic heterocycles. The van der Waals surface area contributed by atoms with Crippen molar-refractivity contribution in [2.75, 3.05) is 25.5 Å². The highest BCUT2D eigenvalue weighted by Crippen LogP contribution is 2.15. The number of hydrogen-bond acceptors (Lipinski definition) is 3. The fourth-order valence-electron chi connectivity index (χ4n) is 2.08. The minimum atomic E-state index is -0.187. The minimum Gasteiger partial charge on any atom is -0.497 e. The Bertz CT molecular complexity index is 387. The summed E-state index contributed by atoms with van der Waals surface area (Å²) in [5.74, 6) is 1.22. The number of nitrogens with one attached hydrogen (secondary N) is 2. The van der Waals surface area contributed by atoms with Crippen LogP contribution in [-0.2, 0) is 0 Å². The van der Waals surface area contributed by atoms with Crippen molar-refractivity contribution in [3.8, 4) is 5.75 Å². The van der Waals surface area contributed by atoms with Gasteiger partial charge in [0.15, 0.2) is 0 Å². The fourth-order valence-corrected chi connectivity index (χ4v) is 2.08. The second-order valence-corrected chi connectivity index (χ2v) is 4.80. The van der Waals surface area contributed by atoms with Crippen molar-refractivity contribution in [2.45, 2.75) is 26.2 Å². The van der Waals surface area contributed by atoms with Crippen molar-refractivity contribution in [1.82, 2.24) is 5.32 Å². The van der Waals surface area contributed by atoms with E-state index in [-0.39, 0.29) is 6.03 Å². The number of anilines is 1. The van der Waals surface area contributed by atoms with Crippen LogP contribution in [0.5, 0.6) is 5.75 Å². The van der Waals surface area contributed by atoms with Crippen molar-refractivity contribution >= 4 is 11.7 Å². The van der Waals surface area contributed by atoms with Crippen molar-refractivity contribution in [2.24, 2.45) is 11.7 Å². The topological polar surface area (TPSA) is 76.4 Å². The van der Waals surface area contributed by atoms with Gasteiger partial charge in [0, 0.05) is 12.2 Å². The molecule has 0 saturated heterocycles. The Balaban J connectivity index is 2.38. The molecular formula is C15H25N3O2. The van der Waals surface area contributed by atoms with Crippen molar-refractivity contribution in [1.29, 1.82) is 0 Å². The molecular weight excluding hydrogens is 254 g/mol. The van der Waals surface area contributed by atoms with Gasteiger partial charge in [0.1, 0.15) is 5.75 Å². The molecule has 0 aliphatic rings. The molecule has 20 heavy (non-hydrogen) atoms. The van der Waals surface area contributed by atoms with Gasteiger partial charge in [-0.1, -0.05) is 13.3 Å². The van der Waals surface area contributed by atoms with E-state index >= 15 is 0 Å². The second-order valence-electron chi connectivity index (χ2n) is 4.80. The number of methoxy groups -OCH3 is 1. The number of carbonyl (C=O) groups is 1. The highest BCUT2D eigenvalue weighted by Gasteiger charge is 2.09. The van der Waals surface area contributed by atoms with Crippen LogP contribution in [0, 0.1) is 5.92 Å². The lowest BCUT2D eigenvalue weighted by atomic mass is 10.00. The number of benzene rings is 1. The Kier molecular flexibility index (Phi) is 7.50. The first kappa shape index (κ1) is 16.3. The Morgan fingerprint density at radius 2 is 2.00 bits per heavy atom. The third-order valence-corrected chi connectivity index (χ3v) is 3.17. The second kappa shape index (κ2) is 9.20. The average molecular weight is 279 g/mol. The van der Waals surface area contributed by atoms with Crippen LogP contribution in [0.3, 0.4) is 0 Å². The van der Waals surface area contributed by atoms with Crippen molar-refractivity contribution in [3.05, 3.63) is 24.3 Å². The number of hydrogen-bond donors (Lipinski definition) is 3. The predicted molar refractivity (Wildman–Crippen MR) is 82.1 cm³/mol. The summed E-state index contributed by atoms with van der Waals surface area (Å²) in [5, 5.41) is 5.69. The van der Waals surface area contributed by atoms with E-state index < -0.39 is 0 Å². The van der Waals surface area contributed by atoms with E-state index in [1.54, 1.807) is 7.11 Å². The summed E-state index contributed by atoms with van der Waals surface area (Å²) in [4.78, 5) is 11.8. The first-order valence-electron chi connectivity index (χ1n) is 7.08. The molecule has 1 unspecified atom stereocenters. The summed E-state index contributed by atoms with van der Waals surface area (Å²) < 4.78 is 5.07. The number of urea groups is 1. The van der Waals surface area contributed by atoms with Crippen LogP contribution in [0.2, 0.25) is 0 Å². The van der Waals surface area contributed by atoms with E-state index in [9.17, 15) is 4.79 Å². The molecule has 5 nitrogen and oxygen atoms in total. The maximum absolute atomic E-state index is 11.8. The third-order valence-electron chi connectivity index (χ3n) is 3.17. The lowest BCUT2D eigenvalue weighted by Crippen LogP contribution is -2.33. The van der Waals surface area contributed by atoms with Gasteiger partial charge in [-0.3, -0.25) is 0 Å². The van der Waals surface area contributed by atoms with Crippen LogP contribution in [0.4, 0.5) is 10.5 Å².